The Morgan fingerprint density at radius 2 is 1.93 bits per heavy atom. The van der Waals surface area contributed by atoms with Crippen molar-refractivity contribution in [3.8, 4) is 0 Å². The Hall–Kier alpha value is -1.70. The van der Waals surface area contributed by atoms with Crippen LogP contribution in [-0.4, -0.2) is 38.3 Å². The van der Waals surface area contributed by atoms with Crippen LogP contribution in [0.1, 0.15) is 52.9 Å². The van der Waals surface area contributed by atoms with E-state index < -0.39 is 10.0 Å². The molecule has 0 bridgehead atoms. The van der Waals surface area contributed by atoms with Crippen LogP contribution in [0, 0.1) is 5.92 Å². The van der Waals surface area contributed by atoms with Crippen LogP contribution in [0.4, 0.5) is 5.69 Å². The zero-order valence-corrected chi connectivity index (χ0v) is 18.9. The molecule has 0 unspecified atom stereocenters. The van der Waals surface area contributed by atoms with Crippen molar-refractivity contribution in [1.82, 2.24) is 4.31 Å². The molecule has 0 N–H and O–H groups in total. The van der Waals surface area contributed by atoms with Gasteiger partial charge in [0.15, 0.2) is 0 Å². The molecule has 2 heterocycles. The molecule has 0 saturated heterocycles. The van der Waals surface area contributed by atoms with Crippen molar-refractivity contribution in [3.63, 3.8) is 0 Å². The number of carbonyl (C=O) groups is 1. The van der Waals surface area contributed by atoms with Gasteiger partial charge in [0.05, 0.1) is 9.77 Å². The molecule has 0 spiro atoms. The molecule has 1 aromatic carbocycles. The van der Waals surface area contributed by atoms with Gasteiger partial charge < -0.3 is 4.90 Å². The molecular weight excluding hydrogens is 404 g/mol. The molecule has 0 saturated carbocycles. The number of rotatable bonds is 5. The van der Waals surface area contributed by atoms with Gasteiger partial charge in [-0.05, 0) is 67.0 Å². The molecule has 2 aliphatic rings. The highest BCUT2D eigenvalue weighted by Crippen LogP contribution is 2.36. The summed E-state index contributed by atoms with van der Waals surface area (Å²) in [5, 5.41) is 0. The van der Waals surface area contributed by atoms with E-state index >= 15 is 0 Å². The number of aryl methyl sites for hydroxylation is 1. The number of carbonyl (C=O) groups excluding carboxylic acids is 1. The Kier molecular flexibility index (Phi) is 5.57. The summed E-state index contributed by atoms with van der Waals surface area (Å²) < 4.78 is 27.1. The van der Waals surface area contributed by atoms with Crippen LogP contribution < -0.4 is 4.90 Å². The normalized spacial score (nSPS) is 18.8. The number of fused-ring (bicyclic) bond motifs is 2. The Morgan fingerprint density at radius 1 is 1.17 bits per heavy atom. The fourth-order valence-electron chi connectivity index (χ4n) is 4.41. The van der Waals surface area contributed by atoms with Gasteiger partial charge in [0.25, 0.3) is 5.91 Å². The fourth-order valence-corrected chi connectivity index (χ4v) is 7.07. The number of hydrogen-bond donors (Lipinski definition) is 0. The number of nitrogens with zero attached hydrogens (tertiary/aromatic N) is 2. The van der Waals surface area contributed by atoms with E-state index in [0.717, 1.165) is 29.0 Å². The first-order chi connectivity index (χ1) is 13.8. The molecule has 1 atom stereocenters. The summed E-state index contributed by atoms with van der Waals surface area (Å²) in [7, 11) is -3.49. The Balaban J connectivity index is 1.60. The first-order valence-corrected chi connectivity index (χ1v) is 12.7. The standard InChI is InChI=1S/C22H28N2O3S2/c1-4-23(5-2)29(26,27)18-7-8-19-16(13-18)10-11-24(19)22(25)21-14-17-12-15(3)6-9-20(17)28-21/h7-8,13-15H,4-6,9-12H2,1-3H3/t15-/m0/s1. The third kappa shape index (κ3) is 3.64. The van der Waals surface area contributed by atoms with Gasteiger partial charge in [-0.15, -0.1) is 11.3 Å². The van der Waals surface area contributed by atoms with E-state index in [1.807, 2.05) is 18.7 Å². The molecule has 29 heavy (non-hydrogen) atoms. The highest BCUT2D eigenvalue weighted by molar-refractivity contribution is 7.89. The summed E-state index contributed by atoms with van der Waals surface area (Å²) in [4.78, 5) is 17.5. The van der Waals surface area contributed by atoms with Gasteiger partial charge in [0.1, 0.15) is 0 Å². The molecular formula is C22H28N2O3S2. The Bertz CT molecular complexity index is 1040. The molecule has 1 aromatic heterocycles. The van der Waals surface area contributed by atoms with Crippen LogP contribution in [0.3, 0.4) is 0 Å². The summed E-state index contributed by atoms with van der Waals surface area (Å²) in [5.41, 5.74) is 3.10. The third-order valence-electron chi connectivity index (χ3n) is 6.07. The summed E-state index contributed by atoms with van der Waals surface area (Å²) in [6.45, 7) is 7.45. The number of amides is 1. The zero-order valence-electron chi connectivity index (χ0n) is 17.3. The van der Waals surface area contributed by atoms with Crippen LogP contribution in [0.2, 0.25) is 0 Å². The maximum absolute atomic E-state index is 13.2. The summed E-state index contributed by atoms with van der Waals surface area (Å²) in [6.07, 6.45) is 4.00. The topological polar surface area (TPSA) is 57.7 Å². The minimum atomic E-state index is -3.49. The number of thiophene rings is 1. The van der Waals surface area contributed by atoms with Crippen LogP contribution in [0.15, 0.2) is 29.2 Å². The third-order valence-corrected chi connectivity index (χ3v) is 9.35. The van der Waals surface area contributed by atoms with Gasteiger partial charge in [0.2, 0.25) is 10.0 Å². The van der Waals surface area contributed by atoms with Gasteiger partial charge in [-0.2, -0.15) is 4.31 Å². The van der Waals surface area contributed by atoms with E-state index in [0.29, 0.717) is 36.9 Å². The highest BCUT2D eigenvalue weighted by atomic mass is 32.2. The fraction of sp³-hybridized carbons (Fsp3) is 0.500. The van der Waals surface area contributed by atoms with Gasteiger partial charge in [-0.1, -0.05) is 20.8 Å². The van der Waals surface area contributed by atoms with Crippen LogP contribution >= 0.6 is 11.3 Å². The maximum atomic E-state index is 13.2. The van der Waals surface area contributed by atoms with Crippen molar-refractivity contribution in [2.45, 2.75) is 51.3 Å². The van der Waals surface area contributed by atoms with Gasteiger partial charge >= 0.3 is 0 Å². The second-order valence-corrected chi connectivity index (χ2v) is 11.1. The van der Waals surface area contributed by atoms with E-state index in [4.69, 9.17) is 0 Å². The Labute approximate surface area is 177 Å². The maximum Gasteiger partial charge on any atom is 0.268 e. The van der Waals surface area contributed by atoms with E-state index in [9.17, 15) is 13.2 Å². The predicted molar refractivity (Wildman–Crippen MR) is 117 cm³/mol. The number of anilines is 1. The van der Waals surface area contributed by atoms with E-state index in [-0.39, 0.29) is 5.91 Å². The first kappa shape index (κ1) is 20.6. The van der Waals surface area contributed by atoms with Crippen molar-refractivity contribution in [2.75, 3.05) is 24.5 Å². The average molecular weight is 433 g/mol. The highest BCUT2D eigenvalue weighted by Gasteiger charge is 2.30. The molecule has 2 aromatic rings. The number of sulfonamides is 1. The molecule has 5 nitrogen and oxygen atoms in total. The van der Waals surface area contributed by atoms with Crippen molar-refractivity contribution < 1.29 is 13.2 Å². The monoisotopic (exact) mass is 432 g/mol. The van der Waals surface area contributed by atoms with Crippen LogP contribution in [0.5, 0.6) is 0 Å². The van der Waals surface area contributed by atoms with Crippen molar-refractivity contribution in [3.05, 3.63) is 45.1 Å². The Morgan fingerprint density at radius 3 is 2.66 bits per heavy atom. The van der Waals surface area contributed by atoms with Crippen LogP contribution in [-0.2, 0) is 29.3 Å². The van der Waals surface area contributed by atoms with Gasteiger partial charge in [-0.3, -0.25) is 4.79 Å². The lowest BCUT2D eigenvalue weighted by Crippen LogP contribution is -2.30. The van der Waals surface area contributed by atoms with Crippen molar-refractivity contribution in [2.24, 2.45) is 5.92 Å². The molecule has 4 rings (SSSR count). The molecule has 156 valence electrons. The molecule has 7 heteroatoms. The number of benzene rings is 1. The molecule has 1 amide bonds. The lowest BCUT2D eigenvalue weighted by molar-refractivity contribution is 0.0993. The zero-order chi connectivity index (χ0) is 20.8. The number of hydrogen-bond acceptors (Lipinski definition) is 4. The minimum absolute atomic E-state index is 0.0372. The van der Waals surface area contributed by atoms with E-state index in [1.165, 1.54) is 21.2 Å². The summed E-state index contributed by atoms with van der Waals surface area (Å²) >= 11 is 1.63. The van der Waals surface area contributed by atoms with E-state index in [1.54, 1.807) is 29.5 Å². The quantitative estimate of drug-likeness (QED) is 0.715. The second kappa shape index (κ2) is 7.85. The second-order valence-electron chi connectivity index (χ2n) is 7.99. The largest absolute Gasteiger partial charge is 0.307 e. The van der Waals surface area contributed by atoms with Gasteiger partial charge in [-0.25, -0.2) is 8.42 Å². The summed E-state index contributed by atoms with van der Waals surface area (Å²) in [6, 6.07) is 7.26. The first-order valence-electron chi connectivity index (χ1n) is 10.4. The molecule has 1 aliphatic carbocycles. The molecule has 0 radical (unpaired) electrons. The minimum Gasteiger partial charge on any atom is -0.307 e. The van der Waals surface area contributed by atoms with Crippen molar-refractivity contribution in [1.29, 1.82) is 0 Å². The summed E-state index contributed by atoms with van der Waals surface area (Å²) in [5.74, 6) is 0.717. The van der Waals surface area contributed by atoms with Crippen LogP contribution in [0.25, 0.3) is 0 Å². The lowest BCUT2D eigenvalue weighted by Gasteiger charge is -2.20. The SMILES string of the molecule is CCN(CC)S(=O)(=O)c1ccc2c(c1)CCN2C(=O)c1cc2c(s1)CC[C@H](C)C2. The smallest absolute Gasteiger partial charge is 0.268 e. The average Bonchev–Trinajstić information content (AvgIpc) is 3.31. The lowest BCUT2D eigenvalue weighted by atomic mass is 9.90. The van der Waals surface area contributed by atoms with Gasteiger partial charge in [0, 0.05) is 30.2 Å². The molecule has 0 fully saturated rings. The van der Waals surface area contributed by atoms with E-state index in [2.05, 4.69) is 13.0 Å². The predicted octanol–water partition coefficient (Wildman–Crippen LogP) is 4.11. The molecule has 1 aliphatic heterocycles. The van der Waals surface area contributed by atoms with Crippen molar-refractivity contribution >= 4 is 33.0 Å².